The third kappa shape index (κ3) is 4.67. The summed E-state index contributed by atoms with van der Waals surface area (Å²) < 4.78 is 53.9. The van der Waals surface area contributed by atoms with Crippen molar-refractivity contribution in [1.29, 1.82) is 5.26 Å². The molecule has 32 heavy (non-hydrogen) atoms. The minimum atomic E-state index is -4.49. The average Bonchev–Trinajstić information content (AvgIpc) is 2.73. The first-order valence-electron chi connectivity index (χ1n) is 9.42. The molecule has 0 bridgehead atoms. The van der Waals surface area contributed by atoms with Gasteiger partial charge in [-0.25, -0.2) is 9.78 Å². The van der Waals surface area contributed by atoms with Gasteiger partial charge in [0.05, 0.1) is 23.7 Å². The van der Waals surface area contributed by atoms with E-state index in [4.69, 9.17) is 19.9 Å². The van der Waals surface area contributed by atoms with Gasteiger partial charge in [-0.3, -0.25) is 0 Å². The van der Waals surface area contributed by atoms with Crippen molar-refractivity contribution < 1.29 is 32.2 Å². The van der Waals surface area contributed by atoms with Crippen molar-refractivity contribution in [2.24, 2.45) is 5.73 Å². The molecule has 0 amide bonds. The predicted octanol–water partition coefficient (Wildman–Crippen LogP) is 4.54. The number of alkyl halides is 3. The number of rotatable bonds is 5. The molecule has 0 saturated heterocycles. The van der Waals surface area contributed by atoms with E-state index in [9.17, 15) is 23.2 Å². The highest BCUT2D eigenvalue weighted by molar-refractivity contribution is 5.92. The fourth-order valence-electron chi connectivity index (χ4n) is 3.15. The van der Waals surface area contributed by atoms with Crippen LogP contribution in [0.5, 0.6) is 11.6 Å². The number of nitrogens with two attached hydrogens (primary N) is 1. The number of carbonyl (C=O) groups excluding carboxylic acids is 1. The summed E-state index contributed by atoms with van der Waals surface area (Å²) >= 11 is 0. The van der Waals surface area contributed by atoms with Crippen molar-refractivity contribution in [1.82, 2.24) is 4.98 Å². The highest BCUT2D eigenvalue weighted by Gasteiger charge is 2.36. The monoisotopic (exact) mass is 445 g/mol. The number of halogens is 3. The van der Waals surface area contributed by atoms with Crippen LogP contribution in [0.1, 0.15) is 30.9 Å². The van der Waals surface area contributed by atoms with Crippen molar-refractivity contribution in [2.45, 2.75) is 25.9 Å². The molecule has 2 aromatic rings. The van der Waals surface area contributed by atoms with Crippen molar-refractivity contribution in [2.75, 3.05) is 6.61 Å². The summed E-state index contributed by atoms with van der Waals surface area (Å²) in [6.07, 6.45) is -3.81. The van der Waals surface area contributed by atoms with Crippen LogP contribution in [-0.2, 0) is 20.4 Å². The number of allylic oxidation sites excluding steroid dienone is 2. The van der Waals surface area contributed by atoms with Crippen LogP contribution in [0.25, 0.3) is 0 Å². The van der Waals surface area contributed by atoms with Gasteiger partial charge in [0, 0.05) is 12.3 Å². The Morgan fingerprint density at radius 3 is 2.47 bits per heavy atom. The SMILES string of the molecule is CCOC(=O)C1=C(C)OC(N)=C(C#N)C1c1ccc(Oc2ccc(C(F)(F)F)cn2)cc1. The second kappa shape index (κ2) is 9.01. The van der Waals surface area contributed by atoms with Crippen molar-refractivity contribution in [3.8, 4) is 17.7 Å². The molecule has 2 N–H and O–H groups in total. The summed E-state index contributed by atoms with van der Waals surface area (Å²) in [6.45, 7) is 3.34. The molecule has 1 aromatic heterocycles. The molecular formula is C22H18F3N3O4. The summed E-state index contributed by atoms with van der Waals surface area (Å²) in [5, 5.41) is 9.58. The number of nitriles is 1. The normalized spacial score (nSPS) is 16.3. The molecule has 1 aliphatic rings. The zero-order chi connectivity index (χ0) is 23.5. The summed E-state index contributed by atoms with van der Waals surface area (Å²) in [4.78, 5) is 16.2. The third-order valence-corrected chi connectivity index (χ3v) is 4.60. The van der Waals surface area contributed by atoms with Gasteiger partial charge in [-0.1, -0.05) is 12.1 Å². The van der Waals surface area contributed by atoms with Gasteiger partial charge in [-0.15, -0.1) is 0 Å². The van der Waals surface area contributed by atoms with Gasteiger partial charge in [0.25, 0.3) is 0 Å². The van der Waals surface area contributed by atoms with Crippen LogP contribution >= 0.6 is 0 Å². The standard InChI is InChI=1S/C22H18F3N3O4/c1-3-30-21(29)18-12(2)31-20(27)16(10-26)19(18)13-4-7-15(8-5-13)32-17-9-6-14(11-28-17)22(23,24)25/h4-9,11,19H,3,27H2,1-2H3. The lowest BCUT2D eigenvalue weighted by Crippen LogP contribution is -2.25. The first-order valence-corrected chi connectivity index (χ1v) is 9.42. The zero-order valence-electron chi connectivity index (χ0n) is 17.1. The molecule has 0 spiro atoms. The molecule has 166 valence electrons. The van der Waals surface area contributed by atoms with Crippen molar-refractivity contribution in [3.05, 3.63) is 76.5 Å². The Kier molecular flexibility index (Phi) is 6.39. The first kappa shape index (κ1) is 22.7. The summed E-state index contributed by atoms with van der Waals surface area (Å²) in [6, 6.07) is 10.2. The minimum Gasteiger partial charge on any atom is -0.463 e. The van der Waals surface area contributed by atoms with Crippen LogP contribution in [0.15, 0.2) is 65.4 Å². The van der Waals surface area contributed by atoms with E-state index in [1.54, 1.807) is 26.0 Å². The molecule has 10 heteroatoms. The van der Waals surface area contributed by atoms with Crippen molar-refractivity contribution >= 4 is 5.97 Å². The van der Waals surface area contributed by atoms with E-state index in [2.05, 4.69) is 4.98 Å². The van der Waals surface area contributed by atoms with Gasteiger partial charge in [0.2, 0.25) is 11.8 Å². The molecule has 1 atom stereocenters. The molecule has 1 unspecified atom stereocenters. The quantitative estimate of drug-likeness (QED) is 0.674. The van der Waals surface area contributed by atoms with Crippen molar-refractivity contribution in [3.63, 3.8) is 0 Å². The second-order valence-corrected chi connectivity index (χ2v) is 6.67. The van der Waals surface area contributed by atoms with E-state index < -0.39 is 23.6 Å². The fraction of sp³-hybridized carbons (Fsp3) is 0.227. The van der Waals surface area contributed by atoms with Gasteiger partial charge in [-0.05, 0) is 37.6 Å². The molecule has 7 nitrogen and oxygen atoms in total. The molecule has 3 rings (SSSR count). The Balaban J connectivity index is 1.89. The topological polar surface area (TPSA) is 107 Å². The Morgan fingerprint density at radius 1 is 1.25 bits per heavy atom. The Morgan fingerprint density at radius 2 is 1.94 bits per heavy atom. The average molecular weight is 445 g/mol. The van der Waals surface area contributed by atoms with Crippen LogP contribution in [0.4, 0.5) is 13.2 Å². The molecule has 0 saturated carbocycles. The number of carbonyl (C=O) groups is 1. The Bertz CT molecular complexity index is 1120. The smallest absolute Gasteiger partial charge is 0.417 e. The summed E-state index contributed by atoms with van der Waals surface area (Å²) in [7, 11) is 0. The Labute approximate surface area is 181 Å². The van der Waals surface area contributed by atoms with Crippen LogP contribution < -0.4 is 10.5 Å². The molecule has 2 heterocycles. The Hall–Kier alpha value is -4.00. The lowest BCUT2D eigenvalue weighted by Gasteiger charge is -2.26. The maximum absolute atomic E-state index is 12.7. The maximum Gasteiger partial charge on any atom is 0.417 e. The second-order valence-electron chi connectivity index (χ2n) is 6.67. The van der Waals surface area contributed by atoms with Gasteiger partial charge >= 0.3 is 12.1 Å². The van der Waals surface area contributed by atoms with Gasteiger partial charge < -0.3 is 19.9 Å². The van der Waals surface area contributed by atoms with E-state index >= 15 is 0 Å². The molecule has 0 fully saturated rings. The number of aromatic nitrogens is 1. The largest absolute Gasteiger partial charge is 0.463 e. The highest BCUT2D eigenvalue weighted by Crippen LogP contribution is 2.40. The number of nitrogens with zero attached hydrogens (tertiary/aromatic N) is 2. The third-order valence-electron chi connectivity index (χ3n) is 4.60. The van der Waals surface area contributed by atoms with Crippen LogP contribution in [0.2, 0.25) is 0 Å². The number of ether oxygens (including phenoxy) is 3. The number of esters is 1. The zero-order valence-corrected chi connectivity index (χ0v) is 17.1. The molecule has 0 radical (unpaired) electrons. The number of pyridine rings is 1. The van der Waals surface area contributed by atoms with Gasteiger partial charge in [-0.2, -0.15) is 18.4 Å². The van der Waals surface area contributed by atoms with E-state index in [1.165, 1.54) is 12.1 Å². The number of hydrogen-bond donors (Lipinski definition) is 1. The lowest BCUT2D eigenvalue weighted by atomic mass is 9.83. The molecule has 1 aromatic carbocycles. The lowest BCUT2D eigenvalue weighted by molar-refractivity contribution is -0.139. The van der Waals surface area contributed by atoms with E-state index in [-0.39, 0.29) is 35.3 Å². The summed E-state index contributed by atoms with van der Waals surface area (Å²) in [5.74, 6) is -1.07. The van der Waals surface area contributed by atoms with Gasteiger partial charge in [0.15, 0.2) is 0 Å². The molecular weight excluding hydrogens is 427 g/mol. The first-order chi connectivity index (χ1) is 15.2. The predicted molar refractivity (Wildman–Crippen MR) is 106 cm³/mol. The molecule has 0 aliphatic carbocycles. The van der Waals surface area contributed by atoms with Crippen LogP contribution in [0.3, 0.4) is 0 Å². The summed E-state index contributed by atoms with van der Waals surface area (Å²) in [5.41, 5.74) is 5.71. The van der Waals surface area contributed by atoms with Crippen LogP contribution in [0, 0.1) is 11.3 Å². The van der Waals surface area contributed by atoms with E-state index in [0.717, 1.165) is 12.1 Å². The maximum atomic E-state index is 12.7. The highest BCUT2D eigenvalue weighted by atomic mass is 19.4. The van der Waals surface area contributed by atoms with E-state index in [0.29, 0.717) is 17.5 Å². The molecule has 1 aliphatic heterocycles. The van der Waals surface area contributed by atoms with Crippen LogP contribution in [-0.4, -0.2) is 17.6 Å². The minimum absolute atomic E-state index is 0.0263. The van der Waals surface area contributed by atoms with Gasteiger partial charge in [0.1, 0.15) is 23.2 Å². The number of hydrogen-bond acceptors (Lipinski definition) is 7. The number of benzene rings is 1. The van der Waals surface area contributed by atoms with E-state index in [1.807, 2.05) is 6.07 Å². The fourth-order valence-corrected chi connectivity index (χ4v) is 3.15.